The monoisotopic (exact) mass is 340 g/mol. The van der Waals surface area contributed by atoms with Crippen LogP contribution in [0, 0.1) is 0 Å². The van der Waals surface area contributed by atoms with Crippen LogP contribution in [-0.4, -0.2) is 17.8 Å². The average Bonchev–Trinajstić information content (AvgIpc) is 2.54. The van der Waals surface area contributed by atoms with E-state index in [2.05, 4.69) is 19.2 Å². The van der Waals surface area contributed by atoms with Crippen LogP contribution >= 0.6 is 11.8 Å². The molecule has 0 radical (unpaired) electrons. The van der Waals surface area contributed by atoms with Crippen LogP contribution in [0.3, 0.4) is 0 Å². The number of thioether (sulfide) groups is 1. The summed E-state index contributed by atoms with van der Waals surface area (Å²) in [5, 5.41) is 3.44. The summed E-state index contributed by atoms with van der Waals surface area (Å²) in [7, 11) is 1.64. The first kappa shape index (κ1) is 16.5. The van der Waals surface area contributed by atoms with Crippen molar-refractivity contribution in [2.75, 3.05) is 12.8 Å². The summed E-state index contributed by atoms with van der Waals surface area (Å²) >= 11 is 1.73. The molecule has 5 heteroatoms. The van der Waals surface area contributed by atoms with E-state index in [1.165, 1.54) is 0 Å². The zero-order valence-electron chi connectivity index (χ0n) is 13.9. The molecule has 1 heterocycles. The van der Waals surface area contributed by atoms with Crippen LogP contribution in [0.15, 0.2) is 53.4 Å². The predicted molar refractivity (Wildman–Crippen MR) is 99.2 cm³/mol. The van der Waals surface area contributed by atoms with Gasteiger partial charge in [0, 0.05) is 33.5 Å². The van der Waals surface area contributed by atoms with Gasteiger partial charge in [0.25, 0.3) is 0 Å². The molecule has 0 saturated carbocycles. The minimum atomic E-state index is -0.200. The number of anilines is 1. The number of carbonyl (C=O) groups excluding carboxylic acids is 1. The van der Waals surface area contributed by atoms with Gasteiger partial charge in [0.2, 0.25) is 0 Å². The number of hydrogen-bond acceptors (Lipinski definition) is 5. The van der Waals surface area contributed by atoms with Gasteiger partial charge >= 0.3 is 0 Å². The highest BCUT2D eigenvalue weighted by atomic mass is 32.2. The third-order valence-electron chi connectivity index (χ3n) is 3.75. The van der Waals surface area contributed by atoms with Crippen molar-refractivity contribution in [3.63, 3.8) is 0 Å². The standard InChI is InChI=1S/C19H20N2O2S/c1-19(2)21-16(11-17(22)12-4-6-13(20)7-5-12)15-10-14(23-3)8-9-18(15)24-19/h4-11,21H,20H2,1-3H3. The van der Waals surface area contributed by atoms with E-state index >= 15 is 0 Å². The zero-order chi connectivity index (χ0) is 17.3. The predicted octanol–water partition coefficient (Wildman–Crippen LogP) is 3.93. The van der Waals surface area contributed by atoms with Gasteiger partial charge in [0.15, 0.2) is 5.78 Å². The van der Waals surface area contributed by atoms with E-state index in [4.69, 9.17) is 10.5 Å². The largest absolute Gasteiger partial charge is 0.497 e. The SMILES string of the molecule is COc1ccc2c(c1)C(=CC(=O)c1ccc(N)cc1)NC(C)(C)S2. The van der Waals surface area contributed by atoms with E-state index in [1.54, 1.807) is 49.2 Å². The lowest BCUT2D eigenvalue weighted by molar-refractivity contribution is 0.104. The Balaban J connectivity index is 2.03. The maximum Gasteiger partial charge on any atom is 0.187 e. The van der Waals surface area contributed by atoms with Crippen molar-refractivity contribution >= 4 is 28.9 Å². The van der Waals surface area contributed by atoms with Crippen LogP contribution in [0.25, 0.3) is 5.70 Å². The van der Waals surface area contributed by atoms with Crippen molar-refractivity contribution in [3.8, 4) is 5.75 Å². The Bertz CT molecular complexity index is 811. The second-order valence-electron chi connectivity index (χ2n) is 6.14. The third kappa shape index (κ3) is 3.41. The number of ketones is 1. The van der Waals surface area contributed by atoms with Gasteiger partial charge in [-0.1, -0.05) is 11.8 Å². The number of nitrogens with two attached hydrogens (primary N) is 1. The molecule has 0 aliphatic carbocycles. The van der Waals surface area contributed by atoms with Crippen molar-refractivity contribution < 1.29 is 9.53 Å². The van der Waals surface area contributed by atoms with Crippen LogP contribution in [0.4, 0.5) is 5.69 Å². The molecule has 124 valence electrons. The highest BCUT2D eigenvalue weighted by Crippen LogP contribution is 2.42. The van der Waals surface area contributed by atoms with Crippen molar-refractivity contribution in [2.24, 2.45) is 0 Å². The number of ether oxygens (including phenoxy) is 1. The maximum absolute atomic E-state index is 12.6. The van der Waals surface area contributed by atoms with Gasteiger partial charge in [0.1, 0.15) is 5.75 Å². The Morgan fingerprint density at radius 3 is 2.58 bits per heavy atom. The van der Waals surface area contributed by atoms with E-state index in [1.807, 2.05) is 18.2 Å². The molecule has 1 aliphatic rings. The van der Waals surface area contributed by atoms with E-state index in [-0.39, 0.29) is 10.7 Å². The topological polar surface area (TPSA) is 64.3 Å². The Hall–Kier alpha value is -2.40. The molecule has 24 heavy (non-hydrogen) atoms. The van der Waals surface area contributed by atoms with Gasteiger partial charge in [-0.25, -0.2) is 0 Å². The number of carbonyl (C=O) groups is 1. The zero-order valence-corrected chi connectivity index (χ0v) is 14.7. The molecular formula is C19H20N2O2S. The molecule has 3 N–H and O–H groups in total. The Morgan fingerprint density at radius 2 is 1.92 bits per heavy atom. The number of nitrogen functional groups attached to an aromatic ring is 1. The first-order chi connectivity index (χ1) is 11.4. The highest BCUT2D eigenvalue weighted by Gasteiger charge is 2.29. The first-order valence-corrected chi connectivity index (χ1v) is 8.47. The fraction of sp³-hybridized carbons (Fsp3) is 0.211. The Labute approximate surface area is 146 Å². The number of methoxy groups -OCH3 is 1. The van der Waals surface area contributed by atoms with Crippen LogP contribution < -0.4 is 15.8 Å². The van der Waals surface area contributed by atoms with Crippen LogP contribution in [0.1, 0.15) is 29.8 Å². The van der Waals surface area contributed by atoms with E-state index in [9.17, 15) is 4.79 Å². The average molecular weight is 340 g/mol. The normalized spacial score (nSPS) is 17.0. The number of nitrogens with one attached hydrogen (secondary N) is 1. The van der Waals surface area contributed by atoms with Gasteiger partial charge < -0.3 is 15.8 Å². The summed E-state index contributed by atoms with van der Waals surface area (Å²) in [6, 6.07) is 12.9. The number of rotatable bonds is 3. The Morgan fingerprint density at radius 1 is 1.21 bits per heavy atom. The molecule has 0 unspecified atom stereocenters. The van der Waals surface area contributed by atoms with Gasteiger partial charge in [0.05, 0.1) is 12.0 Å². The van der Waals surface area contributed by atoms with Gasteiger partial charge in [-0.2, -0.15) is 0 Å². The van der Waals surface area contributed by atoms with Gasteiger partial charge in [-0.3, -0.25) is 4.79 Å². The van der Waals surface area contributed by atoms with E-state index in [0.717, 1.165) is 21.9 Å². The summed E-state index contributed by atoms with van der Waals surface area (Å²) in [6.07, 6.45) is 1.64. The first-order valence-electron chi connectivity index (χ1n) is 7.65. The molecular weight excluding hydrogens is 320 g/mol. The van der Waals surface area contributed by atoms with Crippen molar-refractivity contribution in [2.45, 2.75) is 23.6 Å². The van der Waals surface area contributed by atoms with Gasteiger partial charge in [-0.05, 0) is 56.3 Å². The number of hydrogen-bond donors (Lipinski definition) is 2. The summed E-state index contributed by atoms with van der Waals surface area (Å²) in [5.41, 5.74) is 8.71. The van der Waals surface area contributed by atoms with Crippen LogP contribution in [0.5, 0.6) is 5.75 Å². The fourth-order valence-corrected chi connectivity index (χ4v) is 3.73. The molecule has 0 atom stereocenters. The third-order valence-corrected chi connectivity index (χ3v) is 4.94. The van der Waals surface area contributed by atoms with Crippen molar-refractivity contribution in [3.05, 3.63) is 59.7 Å². The summed E-state index contributed by atoms with van der Waals surface area (Å²) in [6.45, 7) is 4.18. The molecule has 0 saturated heterocycles. The highest BCUT2D eigenvalue weighted by molar-refractivity contribution is 8.00. The van der Waals surface area contributed by atoms with Gasteiger partial charge in [-0.15, -0.1) is 0 Å². The fourth-order valence-electron chi connectivity index (χ4n) is 2.60. The lowest BCUT2D eigenvalue weighted by Gasteiger charge is -2.34. The molecule has 0 amide bonds. The smallest absolute Gasteiger partial charge is 0.187 e. The van der Waals surface area contributed by atoms with Crippen LogP contribution in [0.2, 0.25) is 0 Å². The molecule has 0 aromatic heterocycles. The van der Waals surface area contributed by atoms with E-state index < -0.39 is 0 Å². The maximum atomic E-state index is 12.6. The summed E-state index contributed by atoms with van der Waals surface area (Å²) in [5.74, 6) is 0.704. The molecule has 0 spiro atoms. The van der Waals surface area contributed by atoms with Crippen molar-refractivity contribution in [1.29, 1.82) is 0 Å². The quantitative estimate of drug-likeness (QED) is 0.503. The molecule has 3 rings (SSSR count). The minimum absolute atomic E-state index is 0.0611. The minimum Gasteiger partial charge on any atom is -0.497 e. The molecule has 4 nitrogen and oxygen atoms in total. The number of benzene rings is 2. The second kappa shape index (κ2) is 6.24. The molecule has 2 aromatic rings. The number of allylic oxidation sites excluding steroid dienone is 1. The summed E-state index contributed by atoms with van der Waals surface area (Å²) in [4.78, 5) is 13.5. The molecule has 0 bridgehead atoms. The lowest BCUT2D eigenvalue weighted by atomic mass is 10.0. The Kier molecular flexibility index (Phi) is 4.28. The number of fused-ring (bicyclic) bond motifs is 1. The summed E-state index contributed by atoms with van der Waals surface area (Å²) < 4.78 is 5.32. The van der Waals surface area contributed by atoms with E-state index in [0.29, 0.717) is 11.3 Å². The molecule has 0 fully saturated rings. The van der Waals surface area contributed by atoms with Crippen LogP contribution in [-0.2, 0) is 0 Å². The molecule has 2 aromatic carbocycles. The second-order valence-corrected chi connectivity index (χ2v) is 7.81. The molecule has 1 aliphatic heterocycles. The lowest BCUT2D eigenvalue weighted by Crippen LogP contribution is -2.37. The van der Waals surface area contributed by atoms with Crippen molar-refractivity contribution in [1.82, 2.24) is 5.32 Å².